The van der Waals surface area contributed by atoms with Gasteiger partial charge in [-0.15, -0.1) is 0 Å². The van der Waals surface area contributed by atoms with Crippen LogP contribution in [0.5, 0.6) is 0 Å². The molecule has 0 saturated carbocycles. The lowest BCUT2D eigenvalue weighted by Crippen LogP contribution is -2.33. The van der Waals surface area contributed by atoms with E-state index in [2.05, 4.69) is 0 Å². The Kier molecular flexibility index (Phi) is 6.58. The third-order valence-electron chi connectivity index (χ3n) is 2.87. The first-order valence-electron chi connectivity index (χ1n) is 6.11. The van der Waals surface area contributed by atoms with E-state index in [1.807, 2.05) is 13.2 Å². The summed E-state index contributed by atoms with van der Waals surface area (Å²) in [6.07, 6.45) is 4.17. The van der Waals surface area contributed by atoms with Crippen LogP contribution in [0.25, 0.3) is 0 Å². The van der Waals surface area contributed by atoms with Crippen molar-refractivity contribution in [1.29, 1.82) is 0 Å². The molecule has 0 N–H and O–H groups in total. The minimum Gasteiger partial charge on any atom is -0.379 e. The van der Waals surface area contributed by atoms with Gasteiger partial charge in [-0.1, -0.05) is 13.3 Å². The molecular weight excluding hydrogens is 238 g/mol. The number of nitrogens with zero attached hydrogens (tertiary/aromatic N) is 1. The van der Waals surface area contributed by atoms with E-state index in [9.17, 15) is 9.59 Å². The molecule has 5 heteroatoms. The number of carbonyl (C=O) groups excluding carboxylic acids is 2. The maximum absolute atomic E-state index is 11.9. The van der Waals surface area contributed by atoms with Gasteiger partial charge in [0.1, 0.15) is 0 Å². The fourth-order valence-corrected chi connectivity index (χ4v) is 2.25. The molecule has 0 aromatic heterocycles. The van der Waals surface area contributed by atoms with Crippen LogP contribution in [-0.4, -0.2) is 48.5 Å². The van der Waals surface area contributed by atoms with Gasteiger partial charge < -0.3 is 4.74 Å². The lowest BCUT2D eigenvalue weighted by atomic mass is 10.0. The zero-order valence-electron chi connectivity index (χ0n) is 10.6. The smallest absolute Gasteiger partial charge is 0.232 e. The average molecular weight is 259 g/mol. The second-order valence-corrected chi connectivity index (χ2v) is 5.16. The normalized spacial score (nSPS) is 20.4. The number of imide groups is 1. The number of likely N-dealkylation sites (tertiary alicyclic amines) is 1. The van der Waals surface area contributed by atoms with Crippen LogP contribution in [0.3, 0.4) is 0 Å². The Labute approximate surface area is 107 Å². The molecule has 2 amide bonds. The Hall–Kier alpha value is -0.550. The molecule has 0 aromatic rings. The molecule has 0 aliphatic carbocycles. The molecule has 4 nitrogen and oxygen atoms in total. The summed E-state index contributed by atoms with van der Waals surface area (Å²) in [5, 5.41) is 0. The summed E-state index contributed by atoms with van der Waals surface area (Å²) in [6.45, 7) is 3.57. The van der Waals surface area contributed by atoms with E-state index in [4.69, 9.17) is 4.74 Å². The lowest BCUT2D eigenvalue weighted by Gasteiger charge is -2.14. The number of carbonyl (C=O) groups is 2. The van der Waals surface area contributed by atoms with Gasteiger partial charge >= 0.3 is 0 Å². The number of ether oxygens (including phenoxy) is 1. The van der Waals surface area contributed by atoms with E-state index in [-0.39, 0.29) is 17.7 Å². The molecule has 17 heavy (non-hydrogen) atoms. The molecule has 1 fully saturated rings. The van der Waals surface area contributed by atoms with Crippen LogP contribution in [0.15, 0.2) is 0 Å². The van der Waals surface area contributed by atoms with Gasteiger partial charge in [0.25, 0.3) is 0 Å². The number of hydrogen-bond acceptors (Lipinski definition) is 4. The van der Waals surface area contributed by atoms with Gasteiger partial charge in [-0.05, 0) is 12.7 Å². The molecule has 0 radical (unpaired) electrons. The summed E-state index contributed by atoms with van der Waals surface area (Å²) in [6, 6.07) is 0. The van der Waals surface area contributed by atoms with Crippen molar-refractivity contribution in [2.24, 2.45) is 5.92 Å². The highest BCUT2D eigenvalue weighted by atomic mass is 32.2. The molecule has 1 aliphatic rings. The third kappa shape index (κ3) is 4.32. The van der Waals surface area contributed by atoms with E-state index in [0.717, 1.165) is 18.6 Å². The minimum atomic E-state index is -0.0845. The van der Waals surface area contributed by atoms with Gasteiger partial charge in [-0.25, -0.2) is 0 Å². The van der Waals surface area contributed by atoms with Crippen molar-refractivity contribution in [1.82, 2.24) is 4.90 Å². The maximum atomic E-state index is 11.9. The summed E-state index contributed by atoms with van der Waals surface area (Å²) in [4.78, 5) is 24.9. The first-order valence-corrected chi connectivity index (χ1v) is 7.51. The number of rotatable bonds is 8. The molecule has 1 saturated heterocycles. The molecule has 1 unspecified atom stereocenters. The number of thioether (sulfide) groups is 1. The predicted octanol–water partition coefficient (Wildman–Crippen LogP) is 1.54. The van der Waals surface area contributed by atoms with Crippen molar-refractivity contribution < 1.29 is 14.3 Å². The number of hydrogen-bond donors (Lipinski definition) is 0. The monoisotopic (exact) mass is 259 g/mol. The highest BCUT2D eigenvalue weighted by Crippen LogP contribution is 2.23. The summed E-state index contributed by atoms with van der Waals surface area (Å²) in [5.74, 6) is 0.811. The molecule has 1 atom stereocenters. The molecule has 0 bridgehead atoms. The minimum absolute atomic E-state index is 0.00897. The van der Waals surface area contributed by atoms with Gasteiger partial charge in [-0.2, -0.15) is 11.8 Å². The largest absolute Gasteiger partial charge is 0.379 e. The van der Waals surface area contributed by atoms with Crippen LogP contribution in [-0.2, 0) is 14.3 Å². The molecule has 0 spiro atoms. The second-order valence-electron chi connectivity index (χ2n) is 4.18. The Morgan fingerprint density at radius 3 is 2.82 bits per heavy atom. The third-order valence-corrected chi connectivity index (χ3v) is 3.44. The van der Waals surface area contributed by atoms with Crippen molar-refractivity contribution in [2.45, 2.75) is 26.2 Å². The number of amides is 2. The molecular formula is C12H21NO3S. The Morgan fingerprint density at radius 2 is 2.18 bits per heavy atom. The van der Waals surface area contributed by atoms with Gasteiger partial charge in [0.05, 0.1) is 19.8 Å². The zero-order chi connectivity index (χ0) is 12.7. The van der Waals surface area contributed by atoms with Gasteiger partial charge in [-0.3, -0.25) is 14.5 Å². The van der Waals surface area contributed by atoms with Crippen LogP contribution < -0.4 is 0 Å². The Bertz CT molecular complexity index is 270. The van der Waals surface area contributed by atoms with Crippen LogP contribution in [0.4, 0.5) is 0 Å². The molecule has 98 valence electrons. The fraction of sp³-hybridized carbons (Fsp3) is 0.833. The van der Waals surface area contributed by atoms with E-state index >= 15 is 0 Å². The standard InChI is InChI=1S/C12H21NO3S/c1-3-4-10-9-11(14)13(12(10)15)5-6-16-7-8-17-2/h10H,3-9H2,1-2H3. The van der Waals surface area contributed by atoms with Gasteiger partial charge in [0.2, 0.25) is 11.8 Å². The first-order chi connectivity index (χ1) is 8.20. The molecule has 0 aromatic carbocycles. The topological polar surface area (TPSA) is 46.6 Å². The highest BCUT2D eigenvalue weighted by molar-refractivity contribution is 7.98. The predicted molar refractivity (Wildman–Crippen MR) is 68.9 cm³/mol. The van der Waals surface area contributed by atoms with Crippen LogP contribution in [0.1, 0.15) is 26.2 Å². The zero-order valence-corrected chi connectivity index (χ0v) is 11.4. The summed E-state index contributed by atoms with van der Waals surface area (Å²) >= 11 is 1.72. The van der Waals surface area contributed by atoms with Gasteiger partial charge in [0, 0.05) is 18.1 Å². The van der Waals surface area contributed by atoms with Crippen molar-refractivity contribution >= 4 is 23.6 Å². The Balaban J connectivity index is 2.28. The molecule has 1 heterocycles. The Morgan fingerprint density at radius 1 is 1.41 bits per heavy atom. The van der Waals surface area contributed by atoms with Crippen LogP contribution in [0.2, 0.25) is 0 Å². The first kappa shape index (κ1) is 14.5. The van der Waals surface area contributed by atoms with E-state index in [1.54, 1.807) is 11.8 Å². The van der Waals surface area contributed by atoms with Crippen LogP contribution in [0, 0.1) is 5.92 Å². The highest BCUT2D eigenvalue weighted by Gasteiger charge is 2.37. The fourth-order valence-electron chi connectivity index (χ4n) is 1.96. The molecule has 1 aliphatic heterocycles. The van der Waals surface area contributed by atoms with Crippen molar-refractivity contribution in [3.8, 4) is 0 Å². The SMILES string of the molecule is CCCC1CC(=O)N(CCOCCSC)C1=O. The van der Waals surface area contributed by atoms with Crippen molar-refractivity contribution in [2.75, 3.05) is 31.8 Å². The van der Waals surface area contributed by atoms with E-state index < -0.39 is 0 Å². The second kappa shape index (κ2) is 7.71. The maximum Gasteiger partial charge on any atom is 0.232 e. The van der Waals surface area contributed by atoms with Gasteiger partial charge in [0.15, 0.2) is 0 Å². The van der Waals surface area contributed by atoms with Crippen molar-refractivity contribution in [3.63, 3.8) is 0 Å². The van der Waals surface area contributed by atoms with E-state index in [0.29, 0.717) is 26.2 Å². The summed E-state index contributed by atoms with van der Waals surface area (Å²) in [5.41, 5.74) is 0. The lowest BCUT2D eigenvalue weighted by molar-refractivity contribution is -0.140. The average Bonchev–Trinajstić information content (AvgIpc) is 2.56. The van der Waals surface area contributed by atoms with E-state index in [1.165, 1.54) is 4.90 Å². The quantitative estimate of drug-likeness (QED) is 0.490. The summed E-state index contributed by atoms with van der Waals surface area (Å²) in [7, 11) is 0. The van der Waals surface area contributed by atoms with Crippen LogP contribution >= 0.6 is 11.8 Å². The van der Waals surface area contributed by atoms with Crippen molar-refractivity contribution in [3.05, 3.63) is 0 Å². The summed E-state index contributed by atoms with van der Waals surface area (Å²) < 4.78 is 5.36. The molecule has 1 rings (SSSR count).